The number of benzene rings is 1. The summed E-state index contributed by atoms with van der Waals surface area (Å²) in [5, 5.41) is 0. The first-order chi connectivity index (χ1) is 10.1. The second-order valence-corrected chi connectivity index (χ2v) is 7.14. The van der Waals surface area contributed by atoms with Crippen molar-refractivity contribution in [1.29, 1.82) is 0 Å². The number of nitrogens with two attached hydrogens (primary N) is 1. The van der Waals surface area contributed by atoms with Crippen molar-refractivity contribution in [3.05, 3.63) is 29.8 Å². The monoisotopic (exact) mass is 348 g/mol. The Bertz CT molecular complexity index is 542. The van der Waals surface area contributed by atoms with E-state index in [9.17, 15) is 8.42 Å². The fourth-order valence-corrected chi connectivity index (χ4v) is 4.33. The molecule has 0 saturated carbocycles. The van der Waals surface area contributed by atoms with Crippen LogP contribution in [0.15, 0.2) is 29.2 Å². The van der Waals surface area contributed by atoms with E-state index in [2.05, 4.69) is 0 Å². The molecular formula is C15H25ClN2O3S. The van der Waals surface area contributed by atoms with E-state index in [1.165, 1.54) is 0 Å². The maximum absolute atomic E-state index is 12.9. The standard InChI is InChI=1S/C15H24N2O3S.ClH/c1-2-13-3-5-15(6-4-13)21(18,19)17(10-9-16)14-7-11-20-12-8-14;/h3-6,14H,2,7-12,16H2,1H3;1H. The summed E-state index contributed by atoms with van der Waals surface area (Å²) >= 11 is 0. The maximum atomic E-state index is 12.9. The van der Waals surface area contributed by atoms with Gasteiger partial charge in [0.05, 0.1) is 4.90 Å². The van der Waals surface area contributed by atoms with Crippen LogP contribution in [0, 0.1) is 0 Å². The summed E-state index contributed by atoms with van der Waals surface area (Å²) in [6.07, 6.45) is 2.35. The first-order valence-corrected chi connectivity index (χ1v) is 8.92. The summed E-state index contributed by atoms with van der Waals surface area (Å²) in [6, 6.07) is 7.11. The fourth-order valence-electron chi connectivity index (χ4n) is 2.63. The molecule has 1 aliphatic heterocycles. The van der Waals surface area contributed by atoms with Gasteiger partial charge in [0, 0.05) is 32.3 Å². The van der Waals surface area contributed by atoms with Crippen LogP contribution in [-0.4, -0.2) is 45.1 Å². The Morgan fingerprint density at radius 3 is 2.32 bits per heavy atom. The van der Waals surface area contributed by atoms with Crippen molar-refractivity contribution in [2.45, 2.75) is 37.1 Å². The van der Waals surface area contributed by atoms with Crippen LogP contribution >= 0.6 is 12.4 Å². The van der Waals surface area contributed by atoms with Crippen molar-refractivity contribution in [1.82, 2.24) is 4.31 Å². The van der Waals surface area contributed by atoms with Crippen LogP contribution in [0.25, 0.3) is 0 Å². The quantitative estimate of drug-likeness (QED) is 0.850. The Labute approximate surface area is 139 Å². The molecule has 0 aliphatic carbocycles. The van der Waals surface area contributed by atoms with Gasteiger partial charge in [-0.15, -0.1) is 12.4 Å². The van der Waals surface area contributed by atoms with Crippen LogP contribution in [0.2, 0.25) is 0 Å². The molecule has 0 bridgehead atoms. The molecule has 0 spiro atoms. The van der Waals surface area contributed by atoms with Crippen LogP contribution in [0.4, 0.5) is 0 Å². The molecule has 0 radical (unpaired) electrons. The summed E-state index contributed by atoms with van der Waals surface area (Å²) < 4.78 is 32.6. The van der Waals surface area contributed by atoms with Crippen molar-refractivity contribution < 1.29 is 13.2 Å². The van der Waals surface area contributed by atoms with Crippen LogP contribution in [-0.2, 0) is 21.2 Å². The highest BCUT2D eigenvalue weighted by Gasteiger charge is 2.31. The Balaban J connectivity index is 0.00000242. The number of aryl methyl sites for hydroxylation is 1. The van der Waals surface area contributed by atoms with Gasteiger partial charge < -0.3 is 10.5 Å². The van der Waals surface area contributed by atoms with E-state index in [0.29, 0.717) is 31.2 Å². The van der Waals surface area contributed by atoms with Crippen LogP contribution < -0.4 is 5.73 Å². The van der Waals surface area contributed by atoms with Gasteiger partial charge in [-0.05, 0) is 37.0 Å². The second-order valence-electron chi connectivity index (χ2n) is 5.25. The SMILES string of the molecule is CCc1ccc(S(=O)(=O)N(CCN)C2CCOCC2)cc1.Cl. The van der Waals surface area contributed by atoms with Crippen LogP contribution in [0.1, 0.15) is 25.3 Å². The Kier molecular flexibility index (Phi) is 7.79. The third-order valence-corrected chi connectivity index (χ3v) is 5.85. The van der Waals surface area contributed by atoms with E-state index in [1.54, 1.807) is 16.4 Å². The number of hydrogen-bond acceptors (Lipinski definition) is 4. The number of hydrogen-bond donors (Lipinski definition) is 1. The molecule has 1 heterocycles. The maximum Gasteiger partial charge on any atom is 0.243 e. The smallest absolute Gasteiger partial charge is 0.243 e. The predicted octanol–water partition coefficient (Wildman–Crippen LogP) is 1.80. The zero-order valence-electron chi connectivity index (χ0n) is 12.9. The van der Waals surface area contributed by atoms with Gasteiger partial charge in [-0.1, -0.05) is 19.1 Å². The van der Waals surface area contributed by atoms with Gasteiger partial charge >= 0.3 is 0 Å². The highest BCUT2D eigenvalue weighted by atomic mass is 35.5. The lowest BCUT2D eigenvalue weighted by atomic mass is 10.1. The van der Waals surface area contributed by atoms with E-state index in [4.69, 9.17) is 10.5 Å². The molecule has 5 nitrogen and oxygen atoms in total. The van der Waals surface area contributed by atoms with Crippen LogP contribution in [0.3, 0.4) is 0 Å². The number of sulfonamides is 1. The average Bonchev–Trinajstić information content (AvgIpc) is 2.53. The molecule has 0 unspecified atom stereocenters. The van der Waals surface area contributed by atoms with Gasteiger partial charge in [-0.25, -0.2) is 8.42 Å². The second kappa shape index (κ2) is 8.84. The molecule has 126 valence electrons. The average molecular weight is 349 g/mol. The number of nitrogens with zero attached hydrogens (tertiary/aromatic N) is 1. The largest absolute Gasteiger partial charge is 0.381 e. The summed E-state index contributed by atoms with van der Waals surface area (Å²) in [4.78, 5) is 0.347. The minimum Gasteiger partial charge on any atom is -0.381 e. The van der Waals surface area contributed by atoms with Crippen LogP contribution in [0.5, 0.6) is 0 Å². The highest BCUT2D eigenvalue weighted by Crippen LogP contribution is 2.23. The van der Waals surface area contributed by atoms with Crippen molar-refractivity contribution >= 4 is 22.4 Å². The number of rotatable bonds is 6. The molecular weight excluding hydrogens is 324 g/mol. The summed E-state index contributed by atoms with van der Waals surface area (Å²) in [5.74, 6) is 0. The van der Waals surface area contributed by atoms with Gasteiger partial charge in [0.25, 0.3) is 0 Å². The molecule has 1 aliphatic rings. The minimum atomic E-state index is -3.49. The lowest BCUT2D eigenvalue weighted by molar-refractivity contribution is 0.0590. The number of ether oxygens (including phenoxy) is 1. The molecule has 0 aromatic heterocycles. The van der Waals surface area contributed by atoms with E-state index in [-0.39, 0.29) is 18.4 Å². The molecule has 0 amide bonds. The van der Waals surface area contributed by atoms with E-state index in [0.717, 1.165) is 24.8 Å². The molecule has 1 aromatic rings. The minimum absolute atomic E-state index is 0. The lowest BCUT2D eigenvalue weighted by Gasteiger charge is -2.33. The third-order valence-electron chi connectivity index (χ3n) is 3.89. The zero-order valence-corrected chi connectivity index (χ0v) is 14.5. The van der Waals surface area contributed by atoms with Gasteiger partial charge in [-0.3, -0.25) is 0 Å². The highest BCUT2D eigenvalue weighted by molar-refractivity contribution is 7.89. The van der Waals surface area contributed by atoms with Crippen molar-refractivity contribution in [3.63, 3.8) is 0 Å². The number of halogens is 1. The predicted molar refractivity (Wildman–Crippen MR) is 89.9 cm³/mol. The van der Waals surface area contributed by atoms with E-state index < -0.39 is 10.0 Å². The van der Waals surface area contributed by atoms with Gasteiger partial charge in [0.2, 0.25) is 10.0 Å². The molecule has 2 rings (SSSR count). The molecule has 0 atom stereocenters. The van der Waals surface area contributed by atoms with Gasteiger partial charge in [0.15, 0.2) is 0 Å². The van der Waals surface area contributed by atoms with Gasteiger partial charge in [-0.2, -0.15) is 4.31 Å². The Morgan fingerprint density at radius 1 is 1.23 bits per heavy atom. The zero-order chi connectivity index (χ0) is 15.3. The lowest BCUT2D eigenvalue weighted by Crippen LogP contribution is -2.45. The topological polar surface area (TPSA) is 72.6 Å². The normalized spacial score (nSPS) is 16.5. The Morgan fingerprint density at radius 2 is 1.82 bits per heavy atom. The Hall–Kier alpha value is -0.660. The van der Waals surface area contributed by atoms with Crippen molar-refractivity contribution in [2.24, 2.45) is 5.73 Å². The van der Waals surface area contributed by atoms with Crippen molar-refractivity contribution in [3.8, 4) is 0 Å². The van der Waals surface area contributed by atoms with Crippen molar-refractivity contribution in [2.75, 3.05) is 26.3 Å². The third kappa shape index (κ3) is 4.43. The van der Waals surface area contributed by atoms with Gasteiger partial charge in [0.1, 0.15) is 0 Å². The van der Waals surface area contributed by atoms with E-state index >= 15 is 0 Å². The molecule has 1 fully saturated rings. The summed E-state index contributed by atoms with van der Waals surface area (Å²) in [6.45, 7) is 3.94. The molecule has 2 N–H and O–H groups in total. The van der Waals surface area contributed by atoms with E-state index in [1.807, 2.05) is 19.1 Å². The summed E-state index contributed by atoms with van der Waals surface area (Å²) in [7, 11) is -3.49. The summed E-state index contributed by atoms with van der Waals surface area (Å²) in [5.41, 5.74) is 6.75. The first kappa shape index (κ1) is 19.4. The molecule has 7 heteroatoms. The molecule has 22 heavy (non-hydrogen) atoms. The molecule has 1 aromatic carbocycles. The molecule has 1 saturated heterocycles. The fraction of sp³-hybridized carbons (Fsp3) is 0.600. The first-order valence-electron chi connectivity index (χ1n) is 7.48.